The van der Waals surface area contributed by atoms with Crippen LogP contribution >= 0.6 is 0 Å². The van der Waals surface area contributed by atoms with Gasteiger partial charge in [0.05, 0.1) is 0 Å². The molecule has 0 aromatic heterocycles. The van der Waals surface area contributed by atoms with Crippen molar-refractivity contribution in [3.05, 3.63) is 25.3 Å². The molecule has 0 saturated heterocycles. The van der Waals surface area contributed by atoms with E-state index in [4.69, 9.17) is 0 Å². The highest BCUT2D eigenvalue weighted by Crippen LogP contribution is 2.40. The van der Waals surface area contributed by atoms with Crippen LogP contribution in [0.2, 0.25) is 0 Å². The summed E-state index contributed by atoms with van der Waals surface area (Å²) in [5.41, 5.74) is 0. The number of hydrogen-bond donors (Lipinski definition) is 0. The molecule has 0 N–H and O–H groups in total. The third-order valence-electron chi connectivity index (χ3n) is 1.95. The first-order valence-corrected chi connectivity index (χ1v) is 6.37. The fourth-order valence-corrected chi connectivity index (χ4v) is 1.04. The predicted octanol–water partition coefficient (Wildman–Crippen LogP) is 5.85. The van der Waals surface area contributed by atoms with Crippen LogP contribution in [-0.2, 0) is 0 Å². The van der Waals surface area contributed by atoms with Gasteiger partial charge in [-0.25, -0.2) is 0 Å². The summed E-state index contributed by atoms with van der Waals surface area (Å²) in [5, 5.41) is 0. The van der Waals surface area contributed by atoms with Crippen LogP contribution in [0.1, 0.15) is 60.8 Å². The smallest absolute Gasteiger partial charge is 0.0320 e. The first kappa shape index (κ1) is 20.0. The second-order valence-electron chi connectivity index (χ2n) is 3.48. The van der Waals surface area contributed by atoms with E-state index in [2.05, 4.69) is 53.0 Å². The quantitative estimate of drug-likeness (QED) is 0.503. The standard InChI is InChI=1S/C8H14.C3H8.C2H6.C2H4/c1-3-4-5-8-6-7(8)2;1-3-2;2*1-2/h3-4,7-8H,5-6H2,1-2H3;3H2,1-2H3;1-2H3;1-2H2/b4-3+;;;. The summed E-state index contributed by atoms with van der Waals surface area (Å²) < 4.78 is 0. The van der Waals surface area contributed by atoms with E-state index in [0.717, 1.165) is 11.8 Å². The molecule has 0 aromatic rings. The molecule has 2 unspecified atom stereocenters. The van der Waals surface area contributed by atoms with Crippen LogP contribution < -0.4 is 0 Å². The van der Waals surface area contributed by atoms with Crippen molar-refractivity contribution in [3.63, 3.8) is 0 Å². The molecular weight excluding hydrogens is 180 g/mol. The Morgan fingerprint density at radius 1 is 1.20 bits per heavy atom. The molecule has 0 nitrogen and oxygen atoms in total. The Morgan fingerprint density at radius 2 is 1.53 bits per heavy atom. The third-order valence-corrected chi connectivity index (χ3v) is 1.95. The van der Waals surface area contributed by atoms with Gasteiger partial charge in [-0.1, -0.05) is 53.2 Å². The Morgan fingerprint density at radius 3 is 1.73 bits per heavy atom. The maximum absolute atomic E-state index is 3.00. The number of hydrogen-bond acceptors (Lipinski definition) is 0. The Kier molecular flexibility index (Phi) is 25.4. The van der Waals surface area contributed by atoms with Crippen LogP contribution in [0.5, 0.6) is 0 Å². The predicted molar refractivity (Wildman–Crippen MR) is 75.3 cm³/mol. The number of rotatable bonds is 2. The van der Waals surface area contributed by atoms with Gasteiger partial charge in [-0.2, -0.15) is 0 Å². The molecule has 0 radical (unpaired) electrons. The lowest BCUT2D eigenvalue weighted by Crippen LogP contribution is -1.71. The molecule has 0 spiro atoms. The molecule has 15 heavy (non-hydrogen) atoms. The molecular formula is C15H32. The maximum Gasteiger partial charge on any atom is -0.0320 e. The molecule has 1 saturated carbocycles. The summed E-state index contributed by atoms with van der Waals surface area (Å²) in [7, 11) is 0. The van der Waals surface area contributed by atoms with Gasteiger partial charge in [0.15, 0.2) is 0 Å². The fourth-order valence-electron chi connectivity index (χ4n) is 1.04. The van der Waals surface area contributed by atoms with E-state index in [0.29, 0.717) is 0 Å². The van der Waals surface area contributed by atoms with Crippen molar-refractivity contribution in [1.82, 2.24) is 0 Å². The molecule has 2 atom stereocenters. The van der Waals surface area contributed by atoms with Crippen molar-refractivity contribution in [2.24, 2.45) is 11.8 Å². The van der Waals surface area contributed by atoms with E-state index in [1.54, 1.807) is 0 Å². The second-order valence-corrected chi connectivity index (χ2v) is 3.48. The van der Waals surface area contributed by atoms with Crippen molar-refractivity contribution < 1.29 is 0 Å². The van der Waals surface area contributed by atoms with E-state index in [1.165, 1.54) is 19.3 Å². The van der Waals surface area contributed by atoms with Crippen LogP contribution in [0, 0.1) is 11.8 Å². The van der Waals surface area contributed by atoms with E-state index >= 15 is 0 Å². The Hall–Kier alpha value is -0.520. The molecule has 1 aliphatic rings. The molecule has 0 heteroatoms. The summed E-state index contributed by atoms with van der Waals surface area (Å²) in [5.74, 6) is 2.05. The first-order valence-electron chi connectivity index (χ1n) is 6.37. The van der Waals surface area contributed by atoms with Crippen LogP contribution in [0.4, 0.5) is 0 Å². The largest absolute Gasteiger partial charge is 0.106 e. The zero-order valence-corrected chi connectivity index (χ0v) is 11.8. The monoisotopic (exact) mass is 212 g/mol. The minimum atomic E-state index is 1.02. The van der Waals surface area contributed by atoms with E-state index in [-0.39, 0.29) is 0 Å². The van der Waals surface area contributed by atoms with Gasteiger partial charge in [-0.3, -0.25) is 0 Å². The lowest BCUT2D eigenvalue weighted by atomic mass is 10.2. The number of allylic oxidation sites excluding steroid dienone is 2. The van der Waals surface area contributed by atoms with E-state index in [9.17, 15) is 0 Å². The molecule has 0 amide bonds. The summed E-state index contributed by atoms with van der Waals surface area (Å²) in [6.45, 7) is 18.7. The Labute approximate surface area is 98.5 Å². The SMILES string of the molecule is C/C=C/CC1CC1C.C=C.CC.CCC. The van der Waals surface area contributed by atoms with Gasteiger partial charge in [0.1, 0.15) is 0 Å². The van der Waals surface area contributed by atoms with Gasteiger partial charge in [0.2, 0.25) is 0 Å². The highest BCUT2D eigenvalue weighted by molar-refractivity contribution is 4.90. The highest BCUT2D eigenvalue weighted by atomic mass is 14.4. The fraction of sp³-hybridized carbons (Fsp3) is 0.733. The van der Waals surface area contributed by atoms with Gasteiger partial charge in [0.25, 0.3) is 0 Å². The summed E-state index contributed by atoms with van der Waals surface area (Å²) in [6, 6.07) is 0. The lowest BCUT2D eigenvalue weighted by molar-refractivity contribution is 0.765. The second kappa shape index (κ2) is 19.1. The summed E-state index contributed by atoms with van der Waals surface area (Å²) in [6.07, 6.45) is 8.45. The average molecular weight is 212 g/mol. The van der Waals surface area contributed by atoms with Crippen LogP contribution in [0.3, 0.4) is 0 Å². The van der Waals surface area contributed by atoms with Crippen LogP contribution in [0.25, 0.3) is 0 Å². The minimum Gasteiger partial charge on any atom is -0.106 e. The first-order chi connectivity index (χ1) is 7.26. The topological polar surface area (TPSA) is 0 Å². The molecule has 0 heterocycles. The molecule has 0 aliphatic heterocycles. The van der Waals surface area contributed by atoms with Crippen LogP contribution in [0.15, 0.2) is 25.3 Å². The Bertz CT molecular complexity index is 113. The van der Waals surface area contributed by atoms with Crippen molar-refractivity contribution >= 4 is 0 Å². The normalized spacial score (nSPS) is 21.2. The molecule has 92 valence electrons. The van der Waals surface area contributed by atoms with Crippen molar-refractivity contribution in [2.75, 3.05) is 0 Å². The van der Waals surface area contributed by atoms with Crippen molar-refractivity contribution in [3.8, 4) is 0 Å². The van der Waals surface area contributed by atoms with E-state index < -0.39 is 0 Å². The van der Waals surface area contributed by atoms with Gasteiger partial charge in [-0.15, -0.1) is 13.2 Å². The zero-order chi connectivity index (χ0) is 12.7. The molecule has 1 aliphatic carbocycles. The van der Waals surface area contributed by atoms with Gasteiger partial charge < -0.3 is 0 Å². The van der Waals surface area contributed by atoms with E-state index in [1.807, 2.05) is 13.8 Å². The zero-order valence-electron chi connectivity index (χ0n) is 11.8. The highest BCUT2D eigenvalue weighted by Gasteiger charge is 2.30. The third kappa shape index (κ3) is 19.8. The van der Waals surface area contributed by atoms with Crippen molar-refractivity contribution in [1.29, 1.82) is 0 Å². The minimum absolute atomic E-state index is 1.02. The van der Waals surface area contributed by atoms with Gasteiger partial charge in [-0.05, 0) is 31.6 Å². The summed E-state index contributed by atoms with van der Waals surface area (Å²) >= 11 is 0. The van der Waals surface area contributed by atoms with Crippen LogP contribution in [-0.4, -0.2) is 0 Å². The molecule has 0 bridgehead atoms. The molecule has 0 aromatic carbocycles. The van der Waals surface area contributed by atoms with Gasteiger partial charge >= 0.3 is 0 Å². The average Bonchev–Trinajstić information content (AvgIpc) is 2.99. The molecule has 1 rings (SSSR count). The lowest BCUT2D eigenvalue weighted by Gasteiger charge is -1.84. The summed E-state index contributed by atoms with van der Waals surface area (Å²) in [4.78, 5) is 0. The Balaban J connectivity index is -0.000000176. The van der Waals surface area contributed by atoms with Gasteiger partial charge in [0, 0.05) is 0 Å². The van der Waals surface area contributed by atoms with Crippen molar-refractivity contribution in [2.45, 2.75) is 60.8 Å². The molecule has 1 fully saturated rings. The maximum atomic E-state index is 3.00.